The predicted octanol–water partition coefficient (Wildman–Crippen LogP) is 1.29. The summed E-state index contributed by atoms with van der Waals surface area (Å²) in [6, 6.07) is 0. The highest BCUT2D eigenvalue weighted by Gasteiger charge is 2.16. The van der Waals surface area contributed by atoms with Gasteiger partial charge in [-0.15, -0.1) is 0 Å². The summed E-state index contributed by atoms with van der Waals surface area (Å²) >= 11 is 1.99. The maximum absolute atomic E-state index is 8.57. The molecule has 0 aliphatic carbocycles. The third kappa shape index (κ3) is 1.81. The fraction of sp³-hybridized carbons (Fsp3) is 0.857. The molecule has 0 N–H and O–H groups in total. The normalized spacial score (nSPS) is 26.0. The Morgan fingerprint density at radius 3 is 3.20 bits per heavy atom. The molecule has 1 saturated heterocycles. The molecule has 0 amide bonds. The predicted molar refractivity (Wildman–Crippen MR) is 43.7 cm³/mol. The van der Waals surface area contributed by atoms with E-state index in [1.165, 1.54) is 6.42 Å². The summed E-state index contributed by atoms with van der Waals surface area (Å²) in [5, 5.41) is 9.26. The van der Waals surface area contributed by atoms with Crippen molar-refractivity contribution in [2.75, 3.05) is 18.8 Å². The fourth-order valence-electron chi connectivity index (χ4n) is 1.06. The van der Waals surface area contributed by atoms with Gasteiger partial charge in [0, 0.05) is 24.1 Å². The Morgan fingerprint density at radius 2 is 2.60 bits per heavy atom. The van der Waals surface area contributed by atoms with Crippen LogP contribution in [-0.4, -0.2) is 29.0 Å². The topological polar surface area (TPSA) is 27.0 Å². The van der Waals surface area contributed by atoms with Crippen molar-refractivity contribution in [2.24, 2.45) is 0 Å². The molecule has 2 nitrogen and oxygen atoms in total. The van der Waals surface area contributed by atoms with Crippen LogP contribution in [0.1, 0.15) is 13.3 Å². The summed E-state index contributed by atoms with van der Waals surface area (Å²) in [7, 11) is 0. The van der Waals surface area contributed by atoms with E-state index in [9.17, 15) is 0 Å². The van der Waals surface area contributed by atoms with Gasteiger partial charge in [0.15, 0.2) is 6.19 Å². The molecule has 1 aliphatic rings. The Kier molecular flexibility index (Phi) is 2.88. The molecule has 1 heterocycles. The zero-order valence-electron chi connectivity index (χ0n) is 6.21. The molecule has 3 heteroatoms. The number of nitriles is 1. The lowest BCUT2D eigenvalue weighted by Crippen LogP contribution is -2.33. The standard InChI is InChI=1S/C7H12N2S/c1-2-7-5-9(6-8)3-4-10-7/h7H,2-5H2,1H3. The molecule has 10 heavy (non-hydrogen) atoms. The maximum Gasteiger partial charge on any atom is 0.179 e. The Bertz CT molecular complexity index is 141. The first-order valence-corrected chi connectivity index (χ1v) is 4.68. The average molecular weight is 156 g/mol. The van der Waals surface area contributed by atoms with Crippen LogP contribution in [0.15, 0.2) is 0 Å². The molecule has 1 atom stereocenters. The highest BCUT2D eigenvalue weighted by molar-refractivity contribution is 8.00. The highest BCUT2D eigenvalue weighted by atomic mass is 32.2. The first-order chi connectivity index (χ1) is 4.86. The Hall–Kier alpha value is -0.360. The number of nitrogens with zero attached hydrogens (tertiary/aromatic N) is 2. The van der Waals surface area contributed by atoms with Gasteiger partial charge in [0.25, 0.3) is 0 Å². The first kappa shape index (κ1) is 7.74. The summed E-state index contributed by atoms with van der Waals surface area (Å²) in [4.78, 5) is 1.85. The van der Waals surface area contributed by atoms with E-state index >= 15 is 0 Å². The third-order valence-electron chi connectivity index (χ3n) is 1.74. The molecule has 0 aromatic rings. The van der Waals surface area contributed by atoms with E-state index in [1.54, 1.807) is 0 Å². The zero-order chi connectivity index (χ0) is 7.40. The fourth-order valence-corrected chi connectivity index (χ4v) is 2.24. The molecule has 56 valence electrons. The number of thioether (sulfide) groups is 1. The number of hydrogen-bond acceptors (Lipinski definition) is 3. The van der Waals surface area contributed by atoms with Crippen LogP contribution in [0.2, 0.25) is 0 Å². The van der Waals surface area contributed by atoms with Crippen molar-refractivity contribution in [1.82, 2.24) is 4.90 Å². The van der Waals surface area contributed by atoms with Crippen LogP contribution in [0.25, 0.3) is 0 Å². The van der Waals surface area contributed by atoms with Crippen LogP contribution in [-0.2, 0) is 0 Å². The summed E-state index contributed by atoms with van der Waals surface area (Å²) < 4.78 is 0. The van der Waals surface area contributed by atoms with Crippen LogP contribution in [0, 0.1) is 11.5 Å². The molecule has 1 aliphatic heterocycles. The van der Waals surface area contributed by atoms with Crippen molar-refractivity contribution < 1.29 is 0 Å². The van der Waals surface area contributed by atoms with Gasteiger partial charge in [0.05, 0.1) is 0 Å². The Labute approximate surface area is 66.2 Å². The maximum atomic E-state index is 8.57. The number of hydrogen-bond donors (Lipinski definition) is 0. The van der Waals surface area contributed by atoms with Crippen molar-refractivity contribution in [3.8, 4) is 6.19 Å². The molecule has 1 unspecified atom stereocenters. The monoisotopic (exact) mass is 156 g/mol. The molecule has 0 aromatic heterocycles. The highest BCUT2D eigenvalue weighted by Crippen LogP contribution is 2.19. The van der Waals surface area contributed by atoms with E-state index in [2.05, 4.69) is 13.1 Å². The Morgan fingerprint density at radius 1 is 1.80 bits per heavy atom. The quantitative estimate of drug-likeness (QED) is 0.535. The molecule has 1 rings (SSSR count). The average Bonchev–Trinajstić information content (AvgIpc) is 2.05. The van der Waals surface area contributed by atoms with Gasteiger partial charge in [-0.1, -0.05) is 6.92 Å². The molecular formula is C7H12N2S. The number of rotatable bonds is 1. The van der Waals surface area contributed by atoms with Crippen LogP contribution in [0.4, 0.5) is 0 Å². The lowest BCUT2D eigenvalue weighted by atomic mass is 10.3. The summed E-state index contributed by atoms with van der Waals surface area (Å²) in [6.07, 6.45) is 3.37. The second-order valence-electron chi connectivity index (χ2n) is 2.45. The smallest absolute Gasteiger partial charge is 0.179 e. The first-order valence-electron chi connectivity index (χ1n) is 3.63. The lowest BCUT2D eigenvalue weighted by Gasteiger charge is -2.27. The van der Waals surface area contributed by atoms with Crippen LogP contribution in [0.3, 0.4) is 0 Å². The summed E-state index contributed by atoms with van der Waals surface area (Å²) in [5.41, 5.74) is 0. The van der Waals surface area contributed by atoms with Gasteiger partial charge in [-0.25, -0.2) is 0 Å². The lowest BCUT2D eigenvalue weighted by molar-refractivity contribution is 0.399. The second-order valence-corrected chi connectivity index (χ2v) is 3.86. The van der Waals surface area contributed by atoms with Crippen LogP contribution >= 0.6 is 11.8 Å². The molecule has 0 saturated carbocycles. The molecule has 1 fully saturated rings. The van der Waals surface area contributed by atoms with Gasteiger partial charge in [0.2, 0.25) is 0 Å². The van der Waals surface area contributed by atoms with Gasteiger partial charge in [-0.05, 0) is 6.42 Å². The van der Waals surface area contributed by atoms with Crippen molar-refractivity contribution >= 4 is 11.8 Å². The van der Waals surface area contributed by atoms with Gasteiger partial charge in [0.1, 0.15) is 0 Å². The minimum absolute atomic E-state index is 0.688. The molecule has 0 bridgehead atoms. The second kappa shape index (κ2) is 3.72. The van der Waals surface area contributed by atoms with Crippen LogP contribution < -0.4 is 0 Å². The van der Waals surface area contributed by atoms with Gasteiger partial charge < -0.3 is 4.90 Å². The summed E-state index contributed by atoms with van der Waals surface area (Å²) in [5.74, 6) is 1.12. The van der Waals surface area contributed by atoms with Crippen molar-refractivity contribution in [3.05, 3.63) is 0 Å². The van der Waals surface area contributed by atoms with Gasteiger partial charge in [-0.3, -0.25) is 0 Å². The SMILES string of the molecule is CCC1CN(C#N)CCS1. The zero-order valence-corrected chi connectivity index (χ0v) is 7.02. The van der Waals surface area contributed by atoms with E-state index in [-0.39, 0.29) is 0 Å². The molecule has 0 aromatic carbocycles. The van der Waals surface area contributed by atoms with Gasteiger partial charge in [-0.2, -0.15) is 17.0 Å². The van der Waals surface area contributed by atoms with Gasteiger partial charge >= 0.3 is 0 Å². The minimum Gasteiger partial charge on any atom is -0.309 e. The van der Waals surface area contributed by atoms with Crippen LogP contribution in [0.5, 0.6) is 0 Å². The molecule has 0 spiro atoms. The summed E-state index contributed by atoms with van der Waals surface area (Å²) in [6.45, 7) is 4.08. The van der Waals surface area contributed by atoms with E-state index in [0.29, 0.717) is 5.25 Å². The largest absolute Gasteiger partial charge is 0.309 e. The molecular weight excluding hydrogens is 144 g/mol. The Balaban J connectivity index is 2.33. The minimum atomic E-state index is 0.688. The molecule has 0 radical (unpaired) electrons. The third-order valence-corrected chi connectivity index (χ3v) is 3.11. The van der Waals surface area contributed by atoms with Crippen molar-refractivity contribution in [1.29, 1.82) is 5.26 Å². The van der Waals surface area contributed by atoms with E-state index in [4.69, 9.17) is 5.26 Å². The van der Waals surface area contributed by atoms with E-state index in [1.807, 2.05) is 16.7 Å². The van der Waals surface area contributed by atoms with E-state index in [0.717, 1.165) is 18.8 Å². The van der Waals surface area contributed by atoms with Crippen molar-refractivity contribution in [3.63, 3.8) is 0 Å². The van der Waals surface area contributed by atoms with Crippen molar-refractivity contribution in [2.45, 2.75) is 18.6 Å². The van der Waals surface area contributed by atoms with E-state index < -0.39 is 0 Å².